The standard InChI is InChI=1S/C24H27N3O/c1-4-17-10-11-22-20(14-17)16(3)23(27(22)5-2)24(28)25-13-12-18-15-26-21-9-7-6-8-19(18)21/h6-11,14-15,26H,4-5,12-13H2,1-3H3,(H,25,28). The Bertz CT molecular complexity index is 1150. The molecule has 0 spiro atoms. The molecule has 0 aliphatic heterocycles. The molecule has 0 unspecified atom stereocenters. The zero-order chi connectivity index (χ0) is 19.7. The van der Waals surface area contributed by atoms with Gasteiger partial charge in [0, 0.05) is 41.1 Å². The van der Waals surface area contributed by atoms with Gasteiger partial charge in [0.1, 0.15) is 5.69 Å². The van der Waals surface area contributed by atoms with E-state index in [9.17, 15) is 4.79 Å². The van der Waals surface area contributed by atoms with Gasteiger partial charge in [0.05, 0.1) is 0 Å². The predicted molar refractivity (Wildman–Crippen MR) is 116 cm³/mol. The average Bonchev–Trinajstić information content (AvgIpc) is 3.26. The number of aromatic amines is 1. The van der Waals surface area contributed by atoms with Crippen LogP contribution in [0.3, 0.4) is 0 Å². The van der Waals surface area contributed by atoms with Crippen molar-refractivity contribution >= 4 is 27.7 Å². The molecule has 0 aliphatic rings. The molecule has 2 heterocycles. The summed E-state index contributed by atoms with van der Waals surface area (Å²) in [6, 6.07) is 14.8. The third-order valence-electron chi connectivity index (χ3n) is 5.68. The maximum atomic E-state index is 13.0. The lowest BCUT2D eigenvalue weighted by Gasteiger charge is -2.10. The van der Waals surface area contributed by atoms with E-state index in [4.69, 9.17) is 0 Å². The highest BCUT2D eigenvalue weighted by Gasteiger charge is 2.19. The van der Waals surface area contributed by atoms with Gasteiger partial charge in [0.2, 0.25) is 0 Å². The van der Waals surface area contributed by atoms with Crippen LogP contribution >= 0.6 is 0 Å². The van der Waals surface area contributed by atoms with E-state index in [1.807, 2.05) is 18.3 Å². The number of nitrogens with one attached hydrogen (secondary N) is 2. The number of carbonyl (C=O) groups is 1. The van der Waals surface area contributed by atoms with Crippen molar-refractivity contribution in [3.63, 3.8) is 0 Å². The molecule has 144 valence electrons. The Kier molecular flexibility index (Phi) is 4.95. The first kappa shape index (κ1) is 18.4. The largest absolute Gasteiger partial charge is 0.361 e. The van der Waals surface area contributed by atoms with Gasteiger partial charge >= 0.3 is 0 Å². The Morgan fingerprint density at radius 1 is 1.11 bits per heavy atom. The van der Waals surface area contributed by atoms with Crippen LogP contribution < -0.4 is 5.32 Å². The predicted octanol–water partition coefficient (Wildman–Crippen LogP) is 4.99. The molecular weight excluding hydrogens is 346 g/mol. The highest BCUT2D eigenvalue weighted by molar-refractivity contribution is 6.01. The molecule has 0 fully saturated rings. The quantitative estimate of drug-likeness (QED) is 0.492. The molecule has 0 aliphatic carbocycles. The summed E-state index contributed by atoms with van der Waals surface area (Å²) < 4.78 is 2.13. The van der Waals surface area contributed by atoms with Crippen LogP contribution in [0.2, 0.25) is 0 Å². The second-order valence-electron chi connectivity index (χ2n) is 7.29. The van der Waals surface area contributed by atoms with Crippen molar-refractivity contribution < 1.29 is 4.79 Å². The first-order chi connectivity index (χ1) is 13.6. The maximum Gasteiger partial charge on any atom is 0.268 e. The first-order valence-electron chi connectivity index (χ1n) is 10.1. The molecule has 4 aromatic rings. The van der Waals surface area contributed by atoms with E-state index in [2.05, 4.69) is 66.0 Å². The van der Waals surface area contributed by atoms with Crippen LogP contribution in [0.5, 0.6) is 0 Å². The number of fused-ring (bicyclic) bond motifs is 2. The zero-order valence-corrected chi connectivity index (χ0v) is 16.8. The van der Waals surface area contributed by atoms with E-state index in [0.29, 0.717) is 6.54 Å². The van der Waals surface area contributed by atoms with Crippen molar-refractivity contribution in [2.75, 3.05) is 6.54 Å². The summed E-state index contributed by atoms with van der Waals surface area (Å²) in [5, 5.41) is 5.54. The van der Waals surface area contributed by atoms with Gasteiger partial charge in [0.15, 0.2) is 0 Å². The van der Waals surface area contributed by atoms with Crippen LogP contribution in [0.15, 0.2) is 48.7 Å². The second kappa shape index (κ2) is 7.55. The molecule has 0 bridgehead atoms. The third-order valence-corrected chi connectivity index (χ3v) is 5.68. The first-order valence-corrected chi connectivity index (χ1v) is 10.1. The van der Waals surface area contributed by atoms with Crippen LogP contribution in [-0.4, -0.2) is 22.0 Å². The Balaban J connectivity index is 1.56. The number of nitrogens with zero attached hydrogens (tertiary/aromatic N) is 1. The minimum atomic E-state index is 0.00781. The van der Waals surface area contributed by atoms with Crippen molar-refractivity contribution in [3.8, 4) is 0 Å². The number of aryl methyl sites for hydroxylation is 3. The lowest BCUT2D eigenvalue weighted by Crippen LogP contribution is -2.28. The monoisotopic (exact) mass is 373 g/mol. The molecule has 4 heteroatoms. The fraction of sp³-hybridized carbons (Fsp3) is 0.292. The van der Waals surface area contributed by atoms with E-state index in [1.54, 1.807) is 0 Å². The molecule has 2 aromatic carbocycles. The molecule has 0 saturated carbocycles. The molecule has 0 radical (unpaired) electrons. The molecule has 2 N–H and O–H groups in total. The summed E-state index contributed by atoms with van der Waals surface area (Å²) in [4.78, 5) is 16.3. The highest BCUT2D eigenvalue weighted by atomic mass is 16.1. The number of para-hydroxylation sites is 1. The van der Waals surface area contributed by atoms with E-state index in [0.717, 1.165) is 41.7 Å². The van der Waals surface area contributed by atoms with Crippen LogP contribution in [0.4, 0.5) is 0 Å². The number of hydrogen-bond acceptors (Lipinski definition) is 1. The average molecular weight is 374 g/mol. The molecule has 2 aromatic heterocycles. The smallest absolute Gasteiger partial charge is 0.268 e. The summed E-state index contributed by atoms with van der Waals surface area (Å²) in [7, 11) is 0. The van der Waals surface area contributed by atoms with Gasteiger partial charge in [-0.05, 0) is 61.6 Å². The zero-order valence-electron chi connectivity index (χ0n) is 16.8. The Morgan fingerprint density at radius 2 is 1.93 bits per heavy atom. The van der Waals surface area contributed by atoms with Crippen molar-refractivity contribution in [2.24, 2.45) is 0 Å². The number of rotatable bonds is 6. The third kappa shape index (κ3) is 3.09. The lowest BCUT2D eigenvalue weighted by atomic mass is 10.1. The Hall–Kier alpha value is -3.01. The summed E-state index contributed by atoms with van der Waals surface area (Å²) in [5.41, 5.74) is 6.66. The van der Waals surface area contributed by atoms with E-state index >= 15 is 0 Å². The van der Waals surface area contributed by atoms with Gasteiger partial charge < -0.3 is 14.9 Å². The van der Waals surface area contributed by atoms with Crippen molar-refractivity contribution in [3.05, 3.63) is 71.0 Å². The molecule has 0 saturated heterocycles. The summed E-state index contributed by atoms with van der Waals surface area (Å²) in [5.74, 6) is 0.00781. The van der Waals surface area contributed by atoms with Crippen LogP contribution in [0.25, 0.3) is 21.8 Å². The number of amides is 1. The van der Waals surface area contributed by atoms with Crippen molar-refractivity contribution in [2.45, 2.75) is 40.2 Å². The minimum absolute atomic E-state index is 0.00781. The normalized spacial score (nSPS) is 11.4. The van der Waals surface area contributed by atoms with E-state index in [-0.39, 0.29) is 5.91 Å². The number of benzene rings is 2. The number of hydrogen-bond donors (Lipinski definition) is 2. The van der Waals surface area contributed by atoms with Crippen molar-refractivity contribution in [1.82, 2.24) is 14.9 Å². The molecular formula is C24H27N3O. The van der Waals surface area contributed by atoms with Gasteiger partial charge in [0.25, 0.3) is 5.91 Å². The van der Waals surface area contributed by atoms with Gasteiger partial charge in [-0.3, -0.25) is 4.79 Å². The van der Waals surface area contributed by atoms with Gasteiger partial charge in [-0.1, -0.05) is 31.2 Å². The fourth-order valence-electron chi connectivity index (χ4n) is 4.14. The van der Waals surface area contributed by atoms with Gasteiger partial charge in [-0.25, -0.2) is 0 Å². The molecule has 0 atom stereocenters. The van der Waals surface area contributed by atoms with Crippen LogP contribution in [-0.2, 0) is 19.4 Å². The summed E-state index contributed by atoms with van der Waals surface area (Å²) in [6.07, 6.45) is 3.84. The molecule has 4 rings (SSSR count). The van der Waals surface area contributed by atoms with E-state index < -0.39 is 0 Å². The SMILES string of the molecule is CCc1ccc2c(c1)c(C)c(C(=O)NCCc1c[nH]c3ccccc13)n2CC. The fourth-order valence-corrected chi connectivity index (χ4v) is 4.14. The topological polar surface area (TPSA) is 49.8 Å². The van der Waals surface area contributed by atoms with Gasteiger partial charge in [-0.15, -0.1) is 0 Å². The molecule has 4 nitrogen and oxygen atoms in total. The molecule has 1 amide bonds. The lowest BCUT2D eigenvalue weighted by molar-refractivity contribution is 0.0945. The number of H-pyrrole nitrogens is 1. The highest BCUT2D eigenvalue weighted by Crippen LogP contribution is 2.27. The number of carbonyl (C=O) groups excluding carboxylic acids is 1. The van der Waals surface area contributed by atoms with Crippen molar-refractivity contribution in [1.29, 1.82) is 0 Å². The Morgan fingerprint density at radius 3 is 2.71 bits per heavy atom. The van der Waals surface area contributed by atoms with Gasteiger partial charge in [-0.2, -0.15) is 0 Å². The molecule has 28 heavy (non-hydrogen) atoms. The van der Waals surface area contributed by atoms with E-state index in [1.165, 1.54) is 21.9 Å². The second-order valence-corrected chi connectivity index (χ2v) is 7.29. The number of aromatic nitrogens is 2. The van der Waals surface area contributed by atoms with Crippen LogP contribution in [0, 0.1) is 6.92 Å². The maximum absolute atomic E-state index is 13.0. The van der Waals surface area contributed by atoms with Crippen LogP contribution in [0.1, 0.15) is 41.0 Å². The summed E-state index contributed by atoms with van der Waals surface area (Å²) >= 11 is 0. The Labute approximate surface area is 165 Å². The minimum Gasteiger partial charge on any atom is -0.361 e. The summed E-state index contributed by atoms with van der Waals surface area (Å²) in [6.45, 7) is 7.70.